The van der Waals surface area contributed by atoms with Crippen LogP contribution in [0.4, 0.5) is 0 Å². The molecule has 1 N–H and O–H groups in total. The van der Waals surface area contributed by atoms with E-state index in [1.54, 1.807) is 0 Å². The lowest BCUT2D eigenvalue weighted by Crippen LogP contribution is -2.27. The summed E-state index contributed by atoms with van der Waals surface area (Å²) in [4.78, 5) is 0. The van der Waals surface area contributed by atoms with Crippen LogP contribution in [0.15, 0.2) is 24.3 Å². The van der Waals surface area contributed by atoms with Gasteiger partial charge in [-0.15, -0.1) is 0 Å². The second-order valence-electron chi connectivity index (χ2n) is 5.98. The van der Waals surface area contributed by atoms with E-state index in [2.05, 4.69) is 24.4 Å². The van der Waals surface area contributed by atoms with Crippen molar-refractivity contribution in [1.82, 2.24) is 5.32 Å². The molecule has 1 atom stereocenters. The predicted molar refractivity (Wildman–Crippen MR) is 89.9 cm³/mol. The third-order valence-electron chi connectivity index (χ3n) is 4.25. The third kappa shape index (κ3) is 5.98. The number of benzene rings is 1. The lowest BCUT2D eigenvalue weighted by Gasteiger charge is -2.23. The molecule has 2 nitrogen and oxygen atoms in total. The van der Waals surface area contributed by atoms with E-state index in [9.17, 15) is 0 Å². The molecule has 2 rings (SSSR count). The van der Waals surface area contributed by atoms with Gasteiger partial charge in [-0.1, -0.05) is 56.3 Å². The van der Waals surface area contributed by atoms with Gasteiger partial charge in [0.25, 0.3) is 0 Å². The summed E-state index contributed by atoms with van der Waals surface area (Å²) in [6, 6.07) is 8.59. The Kier molecular flexibility index (Phi) is 7.56. The number of nitrogens with one attached hydrogen (secondary N) is 1. The van der Waals surface area contributed by atoms with Gasteiger partial charge in [-0.3, -0.25) is 0 Å². The number of ether oxygens (including phenoxy) is 1. The first kappa shape index (κ1) is 16.8. The van der Waals surface area contributed by atoms with Gasteiger partial charge in [0.15, 0.2) is 0 Å². The Morgan fingerprint density at radius 2 is 1.90 bits per heavy atom. The lowest BCUT2D eigenvalue weighted by molar-refractivity contribution is 0.0292. The normalized spacial score (nSPS) is 17.8. The van der Waals surface area contributed by atoms with Crippen molar-refractivity contribution in [2.24, 2.45) is 0 Å². The molecule has 0 aliphatic heterocycles. The Labute approximate surface area is 134 Å². The van der Waals surface area contributed by atoms with E-state index >= 15 is 0 Å². The second kappa shape index (κ2) is 9.45. The molecule has 0 aromatic heterocycles. The SMILES string of the molecule is CCCC(NCCOC1CCCCC1)c1ccc(Cl)cc1. The van der Waals surface area contributed by atoms with Gasteiger partial charge in [-0.05, 0) is 37.0 Å². The van der Waals surface area contributed by atoms with Crippen molar-refractivity contribution in [1.29, 1.82) is 0 Å². The Morgan fingerprint density at radius 3 is 2.57 bits per heavy atom. The average molecular weight is 310 g/mol. The number of hydrogen-bond acceptors (Lipinski definition) is 2. The van der Waals surface area contributed by atoms with Crippen LogP contribution < -0.4 is 5.32 Å². The highest BCUT2D eigenvalue weighted by atomic mass is 35.5. The second-order valence-corrected chi connectivity index (χ2v) is 6.41. The Bertz CT molecular complexity index is 387. The molecule has 1 aliphatic carbocycles. The topological polar surface area (TPSA) is 21.3 Å². The van der Waals surface area contributed by atoms with Gasteiger partial charge in [0.1, 0.15) is 0 Å². The zero-order chi connectivity index (χ0) is 14.9. The van der Waals surface area contributed by atoms with E-state index < -0.39 is 0 Å². The summed E-state index contributed by atoms with van der Waals surface area (Å²) in [7, 11) is 0. The van der Waals surface area contributed by atoms with Crippen LogP contribution in [0, 0.1) is 0 Å². The van der Waals surface area contributed by atoms with E-state index in [-0.39, 0.29) is 0 Å². The van der Waals surface area contributed by atoms with Gasteiger partial charge >= 0.3 is 0 Å². The summed E-state index contributed by atoms with van der Waals surface area (Å²) in [6.45, 7) is 3.96. The van der Waals surface area contributed by atoms with Gasteiger partial charge in [0, 0.05) is 17.6 Å². The lowest BCUT2D eigenvalue weighted by atomic mass is 9.98. The number of halogens is 1. The van der Waals surface area contributed by atoms with Crippen LogP contribution in [0.2, 0.25) is 5.02 Å². The minimum atomic E-state index is 0.405. The van der Waals surface area contributed by atoms with Gasteiger partial charge in [0.2, 0.25) is 0 Å². The molecule has 1 fully saturated rings. The molecular weight excluding hydrogens is 282 g/mol. The fourth-order valence-electron chi connectivity index (χ4n) is 3.06. The van der Waals surface area contributed by atoms with Crippen molar-refractivity contribution >= 4 is 11.6 Å². The van der Waals surface area contributed by atoms with Crippen LogP contribution in [0.25, 0.3) is 0 Å². The summed E-state index contributed by atoms with van der Waals surface area (Å²) in [5.74, 6) is 0. The maximum absolute atomic E-state index is 5.98. The van der Waals surface area contributed by atoms with Crippen molar-refractivity contribution in [2.75, 3.05) is 13.2 Å². The minimum absolute atomic E-state index is 0.405. The first-order chi connectivity index (χ1) is 10.3. The first-order valence-electron chi connectivity index (χ1n) is 8.40. The highest BCUT2D eigenvalue weighted by molar-refractivity contribution is 6.30. The summed E-state index contributed by atoms with van der Waals surface area (Å²) < 4.78 is 5.98. The van der Waals surface area contributed by atoms with Crippen LogP contribution in [0.3, 0.4) is 0 Å². The zero-order valence-corrected chi connectivity index (χ0v) is 13.9. The fourth-order valence-corrected chi connectivity index (χ4v) is 3.19. The van der Waals surface area contributed by atoms with E-state index in [0.717, 1.165) is 24.6 Å². The molecule has 1 unspecified atom stereocenters. The minimum Gasteiger partial charge on any atom is -0.377 e. The molecule has 118 valence electrons. The maximum atomic E-state index is 5.98. The predicted octanol–water partition coefficient (Wildman–Crippen LogP) is 5.12. The highest BCUT2D eigenvalue weighted by Gasteiger charge is 2.14. The van der Waals surface area contributed by atoms with Crippen molar-refractivity contribution in [2.45, 2.75) is 64.0 Å². The quantitative estimate of drug-likeness (QED) is 0.673. The molecule has 0 radical (unpaired) electrons. The van der Waals surface area contributed by atoms with Gasteiger partial charge in [0.05, 0.1) is 12.7 Å². The molecule has 3 heteroatoms. The first-order valence-corrected chi connectivity index (χ1v) is 8.78. The van der Waals surface area contributed by atoms with Gasteiger partial charge in [-0.2, -0.15) is 0 Å². The summed E-state index contributed by atoms with van der Waals surface area (Å²) in [5.41, 5.74) is 1.32. The van der Waals surface area contributed by atoms with Crippen molar-refractivity contribution in [3.63, 3.8) is 0 Å². The van der Waals surface area contributed by atoms with Crippen LogP contribution in [0.5, 0.6) is 0 Å². The fraction of sp³-hybridized carbons (Fsp3) is 0.667. The van der Waals surface area contributed by atoms with Crippen molar-refractivity contribution in [3.05, 3.63) is 34.9 Å². The Balaban J connectivity index is 1.73. The third-order valence-corrected chi connectivity index (χ3v) is 4.50. The molecule has 1 aliphatic rings. The van der Waals surface area contributed by atoms with Crippen LogP contribution in [-0.4, -0.2) is 19.3 Å². The summed E-state index contributed by atoms with van der Waals surface area (Å²) >= 11 is 5.97. The average Bonchev–Trinajstić information content (AvgIpc) is 2.52. The van der Waals surface area contributed by atoms with Crippen LogP contribution in [0.1, 0.15) is 63.5 Å². The number of rotatable bonds is 8. The molecule has 1 aromatic rings. The highest BCUT2D eigenvalue weighted by Crippen LogP contribution is 2.21. The maximum Gasteiger partial charge on any atom is 0.0594 e. The molecular formula is C18H28ClNO. The smallest absolute Gasteiger partial charge is 0.0594 e. The molecule has 0 heterocycles. The van der Waals surface area contributed by atoms with Crippen molar-refractivity contribution < 1.29 is 4.74 Å². The van der Waals surface area contributed by atoms with E-state index in [4.69, 9.17) is 16.3 Å². The summed E-state index contributed by atoms with van der Waals surface area (Å²) in [5, 5.41) is 4.43. The standard InChI is InChI=1S/C18H28ClNO/c1-2-6-18(15-9-11-16(19)12-10-15)20-13-14-21-17-7-4-3-5-8-17/h9-12,17-18,20H,2-8,13-14H2,1H3. The molecule has 1 saturated carbocycles. The Morgan fingerprint density at radius 1 is 1.19 bits per heavy atom. The van der Waals surface area contributed by atoms with E-state index in [0.29, 0.717) is 12.1 Å². The molecule has 0 amide bonds. The largest absolute Gasteiger partial charge is 0.377 e. The molecule has 0 saturated heterocycles. The Hall–Kier alpha value is -0.570. The van der Waals surface area contributed by atoms with Crippen LogP contribution in [-0.2, 0) is 4.74 Å². The monoisotopic (exact) mass is 309 g/mol. The number of hydrogen-bond donors (Lipinski definition) is 1. The van der Waals surface area contributed by atoms with E-state index in [1.807, 2.05) is 12.1 Å². The molecule has 1 aromatic carbocycles. The summed E-state index contributed by atoms with van der Waals surface area (Å²) in [6.07, 6.45) is 9.36. The molecule has 0 spiro atoms. The van der Waals surface area contributed by atoms with Gasteiger partial charge in [-0.25, -0.2) is 0 Å². The molecule has 0 bridgehead atoms. The van der Waals surface area contributed by atoms with Crippen molar-refractivity contribution in [3.8, 4) is 0 Å². The van der Waals surface area contributed by atoms with Crippen LogP contribution >= 0.6 is 11.6 Å². The van der Waals surface area contributed by atoms with Gasteiger partial charge < -0.3 is 10.1 Å². The zero-order valence-electron chi connectivity index (χ0n) is 13.1. The molecule has 21 heavy (non-hydrogen) atoms. The van der Waals surface area contributed by atoms with E-state index in [1.165, 1.54) is 44.1 Å².